The molecule has 1 aliphatic carbocycles. The van der Waals surface area contributed by atoms with Crippen molar-refractivity contribution in [1.82, 2.24) is 0 Å². The van der Waals surface area contributed by atoms with Gasteiger partial charge in [0.25, 0.3) is 0 Å². The van der Waals surface area contributed by atoms with Crippen molar-refractivity contribution < 1.29 is 8.42 Å². The monoisotopic (exact) mass is 282 g/mol. The van der Waals surface area contributed by atoms with Gasteiger partial charge in [0, 0.05) is 11.6 Å². The second-order valence-corrected chi connectivity index (χ2v) is 7.39. The van der Waals surface area contributed by atoms with Gasteiger partial charge in [-0.1, -0.05) is 35.2 Å². The fraction of sp³-hybridized carbons (Fsp3) is 1.00. The lowest BCUT2D eigenvalue weighted by Crippen LogP contribution is -2.28. The average molecular weight is 283 g/mol. The molecule has 0 saturated heterocycles. The van der Waals surface area contributed by atoms with Crippen LogP contribution in [0.1, 0.15) is 38.5 Å². The summed E-state index contributed by atoms with van der Waals surface area (Å²) in [6.07, 6.45) is 8.37. The number of halogens is 1. The predicted molar refractivity (Wildman–Crippen MR) is 63.6 cm³/mol. The first-order valence-electron chi connectivity index (χ1n) is 5.21. The minimum absolute atomic E-state index is 0.265. The molecule has 0 aromatic heterocycles. The van der Waals surface area contributed by atoms with Gasteiger partial charge in [-0.05, 0) is 24.7 Å². The van der Waals surface area contributed by atoms with Gasteiger partial charge >= 0.3 is 0 Å². The first kappa shape index (κ1) is 12.5. The smallest absolute Gasteiger partial charge is 0.147 e. The van der Waals surface area contributed by atoms with Crippen LogP contribution in [-0.2, 0) is 9.84 Å². The minimum atomic E-state index is -2.79. The molecule has 0 N–H and O–H groups in total. The molecule has 0 atom stereocenters. The van der Waals surface area contributed by atoms with Gasteiger partial charge in [-0.2, -0.15) is 0 Å². The zero-order valence-electron chi connectivity index (χ0n) is 8.76. The lowest BCUT2D eigenvalue weighted by atomic mass is 9.74. The first-order chi connectivity index (χ1) is 6.47. The Bertz CT molecular complexity index is 266. The molecule has 1 saturated carbocycles. The summed E-state index contributed by atoms with van der Waals surface area (Å²) in [5, 5.41) is 0.954. The Hall–Kier alpha value is 0.430. The molecule has 1 aliphatic rings. The third kappa shape index (κ3) is 3.89. The molecule has 14 heavy (non-hydrogen) atoms. The molecule has 0 aromatic rings. The molecule has 0 spiro atoms. The van der Waals surface area contributed by atoms with Crippen LogP contribution in [0.15, 0.2) is 0 Å². The van der Waals surface area contributed by atoms with E-state index in [2.05, 4.69) is 15.9 Å². The van der Waals surface area contributed by atoms with Gasteiger partial charge in [-0.25, -0.2) is 8.42 Å². The number of hydrogen-bond donors (Lipinski definition) is 0. The fourth-order valence-corrected chi connectivity index (χ4v) is 3.80. The van der Waals surface area contributed by atoms with Crippen LogP contribution in [0.2, 0.25) is 0 Å². The zero-order valence-corrected chi connectivity index (χ0v) is 11.2. The van der Waals surface area contributed by atoms with Crippen molar-refractivity contribution in [1.29, 1.82) is 0 Å². The summed E-state index contributed by atoms with van der Waals surface area (Å²) in [6.45, 7) is 0. The molecule has 1 fully saturated rings. The van der Waals surface area contributed by atoms with Gasteiger partial charge < -0.3 is 0 Å². The van der Waals surface area contributed by atoms with Crippen LogP contribution in [-0.4, -0.2) is 25.8 Å². The van der Waals surface area contributed by atoms with Crippen LogP contribution < -0.4 is 0 Å². The molecule has 0 aliphatic heterocycles. The summed E-state index contributed by atoms with van der Waals surface area (Å²) in [5.41, 5.74) is 0.265. The standard InChI is InChI=1S/C10H19BrO2S/c1-14(12,13)8-7-10(9-11)5-3-2-4-6-10/h2-9H2,1H3. The van der Waals surface area contributed by atoms with E-state index in [9.17, 15) is 8.42 Å². The summed E-state index contributed by atoms with van der Waals surface area (Å²) in [7, 11) is -2.79. The van der Waals surface area contributed by atoms with Crippen LogP contribution in [0.25, 0.3) is 0 Å². The van der Waals surface area contributed by atoms with Crippen molar-refractivity contribution in [2.45, 2.75) is 38.5 Å². The third-order valence-electron chi connectivity index (χ3n) is 3.20. The van der Waals surface area contributed by atoms with E-state index in [0.717, 1.165) is 11.8 Å². The van der Waals surface area contributed by atoms with Crippen LogP contribution in [0.5, 0.6) is 0 Å². The van der Waals surface area contributed by atoms with Crippen molar-refractivity contribution in [3.05, 3.63) is 0 Å². The molecule has 2 nitrogen and oxygen atoms in total. The number of sulfone groups is 1. The van der Waals surface area contributed by atoms with Crippen molar-refractivity contribution >= 4 is 25.8 Å². The largest absolute Gasteiger partial charge is 0.229 e. The first-order valence-corrected chi connectivity index (χ1v) is 8.39. The second kappa shape index (κ2) is 4.97. The van der Waals surface area contributed by atoms with Crippen LogP contribution in [0, 0.1) is 5.41 Å². The summed E-state index contributed by atoms with van der Waals surface area (Å²) in [5.74, 6) is 0.346. The Morgan fingerprint density at radius 1 is 1.21 bits per heavy atom. The van der Waals surface area contributed by atoms with E-state index in [1.54, 1.807) is 0 Å². The van der Waals surface area contributed by atoms with Crippen molar-refractivity contribution in [2.24, 2.45) is 5.41 Å². The molecule has 84 valence electrons. The molecule has 1 rings (SSSR count). The third-order valence-corrected chi connectivity index (χ3v) is 5.34. The Labute approximate surface area is 95.5 Å². The summed E-state index contributed by atoms with van der Waals surface area (Å²) in [4.78, 5) is 0. The SMILES string of the molecule is CS(=O)(=O)CCC1(CBr)CCCCC1. The van der Waals surface area contributed by atoms with Gasteiger partial charge in [-0.15, -0.1) is 0 Å². The molecule has 0 heterocycles. The summed E-state index contributed by atoms with van der Waals surface area (Å²) < 4.78 is 22.2. The molecule has 4 heteroatoms. The van der Waals surface area contributed by atoms with E-state index in [0.29, 0.717) is 5.75 Å². The topological polar surface area (TPSA) is 34.1 Å². The lowest BCUT2D eigenvalue weighted by molar-refractivity contribution is 0.217. The molecule has 0 aromatic carbocycles. The van der Waals surface area contributed by atoms with E-state index in [1.807, 2.05) is 0 Å². The quantitative estimate of drug-likeness (QED) is 0.743. The van der Waals surface area contributed by atoms with Crippen molar-refractivity contribution in [3.63, 3.8) is 0 Å². The zero-order chi connectivity index (χ0) is 10.7. The lowest BCUT2D eigenvalue weighted by Gasteiger charge is -2.35. The highest BCUT2D eigenvalue weighted by Gasteiger charge is 2.31. The van der Waals surface area contributed by atoms with E-state index in [-0.39, 0.29) is 5.41 Å². The van der Waals surface area contributed by atoms with Gasteiger partial charge in [-0.3, -0.25) is 0 Å². The molecule has 0 unspecified atom stereocenters. The Morgan fingerprint density at radius 2 is 1.79 bits per heavy atom. The highest BCUT2D eigenvalue weighted by Crippen LogP contribution is 2.40. The van der Waals surface area contributed by atoms with Gasteiger partial charge in [0.1, 0.15) is 9.84 Å². The molecular formula is C10H19BrO2S. The van der Waals surface area contributed by atoms with Gasteiger partial charge in [0.2, 0.25) is 0 Å². The molecule has 0 amide bonds. The average Bonchev–Trinajstić information content (AvgIpc) is 2.15. The normalized spacial score (nSPS) is 22.1. The minimum Gasteiger partial charge on any atom is -0.229 e. The number of hydrogen-bond acceptors (Lipinski definition) is 2. The second-order valence-electron chi connectivity index (χ2n) is 4.57. The van der Waals surface area contributed by atoms with E-state index in [4.69, 9.17) is 0 Å². The van der Waals surface area contributed by atoms with Crippen LogP contribution in [0.3, 0.4) is 0 Å². The van der Waals surface area contributed by atoms with Crippen molar-refractivity contribution in [3.8, 4) is 0 Å². The molecule has 0 bridgehead atoms. The molecule has 0 radical (unpaired) electrons. The summed E-state index contributed by atoms with van der Waals surface area (Å²) >= 11 is 3.54. The van der Waals surface area contributed by atoms with Crippen LogP contribution in [0.4, 0.5) is 0 Å². The molecular weight excluding hydrogens is 264 g/mol. The van der Waals surface area contributed by atoms with E-state index in [1.165, 1.54) is 38.4 Å². The maximum atomic E-state index is 11.1. The van der Waals surface area contributed by atoms with E-state index >= 15 is 0 Å². The predicted octanol–water partition coefficient (Wildman–Crippen LogP) is 2.77. The highest BCUT2D eigenvalue weighted by molar-refractivity contribution is 9.09. The number of rotatable bonds is 4. The van der Waals surface area contributed by atoms with Crippen molar-refractivity contribution in [2.75, 3.05) is 17.3 Å². The number of alkyl halides is 1. The van der Waals surface area contributed by atoms with Gasteiger partial charge in [0.05, 0.1) is 5.75 Å². The summed E-state index contributed by atoms with van der Waals surface area (Å²) in [6, 6.07) is 0. The maximum Gasteiger partial charge on any atom is 0.147 e. The van der Waals surface area contributed by atoms with Gasteiger partial charge in [0.15, 0.2) is 0 Å². The Kier molecular flexibility index (Phi) is 4.44. The highest BCUT2D eigenvalue weighted by atomic mass is 79.9. The van der Waals surface area contributed by atoms with E-state index < -0.39 is 9.84 Å². The fourth-order valence-electron chi connectivity index (χ4n) is 2.15. The Balaban J connectivity index is 2.52. The maximum absolute atomic E-state index is 11.1. The van der Waals surface area contributed by atoms with Crippen LogP contribution >= 0.6 is 15.9 Å². The Morgan fingerprint density at radius 3 is 2.21 bits per heavy atom.